The molecule has 2 fully saturated rings. The van der Waals surface area contributed by atoms with Crippen molar-refractivity contribution in [2.24, 2.45) is 0 Å². The predicted octanol–water partition coefficient (Wildman–Crippen LogP) is 1.24. The Labute approximate surface area is 126 Å². The zero-order valence-corrected chi connectivity index (χ0v) is 12.8. The second-order valence-corrected chi connectivity index (χ2v) is 6.62. The summed E-state index contributed by atoms with van der Waals surface area (Å²) in [6, 6.07) is 10.6. The number of hydrogen-bond donors (Lipinski definition) is 1. The predicted molar refractivity (Wildman–Crippen MR) is 82.0 cm³/mol. The lowest BCUT2D eigenvalue weighted by atomic mass is 9.81. The zero-order valence-electron chi connectivity index (χ0n) is 12.8. The van der Waals surface area contributed by atoms with Crippen molar-refractivity contribution in [3.63, 3.8) is 0 Å². The summed E-state index contributed by atoms with van der Waals surface area (Å²) in [5.41, 5.74) is 0.0557. The molecule has 0 aliphatic carbocycles. The van der Waals surface area contributed by atoms with Crippen molar-refractivity contribution >= 4 is 5.91 Å². The van der Waals surface area contributed by atoms with Gasteiger partial charge in [-0.1, -0.05) is 30.3 Å². The van der Waals surface area contributed by atoms with Crippen LogP contribution >= 0.6 is 0 Å². The molecule has 21 heavy (non-hydrogen) atoms. The first kappa shape index (κ1) is 14.5. The van der Waals surface area contributed by atoms with Gasteiger partial charge in [0.2, 0.25) is 5.91 Å². The number of amides is 1. The monoisotopic (exact) mass is 288 g/mol. The van der Waals surface area contributed by atoms with Gasteiger partial charge in [-0.05, 0) is 32.4 Å². The molecule has 0 spiro atoms. The van der Waals surface area contributed by atoms with Crippen LogP contribution in [0.2, 0.25) is 0 Å². The van der Waals surface area contributed by atoms with Crippen LogP contribution in [-0.2, 0) is 10.2 Å². The van der Waals surface area contributed by atoms with E-state index < -0.39 is 5.41 Å². The second-order valence-electron chi connectivity index (χ2n) is 6.62. The van der Waals surface area contributed by atoms with Crippen LogP contribution in [0.5, 0.6) is 0 Å². The summed E-state index contributed by atoms with van der Waals surface area (Å²) in [4.78, 5) is 17.4. The van der Waals surface area contributed by atoms with Crippen molar-refractivity contribution in [2.75, 3.05) is 26.7 Å². The molecule has 1 amide bonds. The van der Waals surface area contributed by atoms with Crippen LogP contribution in [0.4, 0.5) is 0 Å². The van der Waals surface area contributed by atoms with E-state index in [0.29, 0.717) is 12.1 Å². The molecule has 1 N–H and O–H groups in total. The largest absolute Gasteiger partial charge is 0.395 e. The van der Waals surface area contributed by atoms with Crippen LogP contribution in [0.3, 0.4) is 0 Å². The van der Waals surface area contributed by atoms with Crippen molar-refractivity contribution in [3.05, 3.63) is 35.9 Å². The number of likely N-dealkylation sites (N-methyl/N-ethyl adjacent to an activating group) is 1. The maximum absolute atomic E-state index is 13.0. The van der Waals surface area contributed by atoms with Gasteiger partial charge >= 0.3 is 0 Å². The summed E-state index contributed by atoms with van der Waals surface area (Å²) in [7, 11) is 2.16. The molecule has 0 aromatic heterocycles. The van der Waals surface area contributed by atoms with E-state index in [2.05, 4.69) is 11.9 Å². The Morgan fingerprint density at radius 1 is 1.24 bits per heavy atom. The van der Waals surface area contributed by atoms with Crippen LogP contribution in [0.15, 0.2) is 30.3 Å². The van der Waals surface area contributed by atoms with Crippen LogP contribution in [0, 0.1) is 0 Å². The number of rotatable bonds is 3. The molecule has 4 nitrogen and oxygen atoms in total. The highest BCUT2D eigenvalue weighted by atomic mass is 16.3. The van der Waals surface area contributed by atoms with Gasteiger partial charge in [-0.25, -0.2) is 0 Å². The van der Waals surface area contributed by atoms with Gasteiger partial charge in [0.1, 0.15) is 0 Å². The number of fused-ring (bicyclic) bond motifs is 2. The lowest BCUT2D eigenvalue weighted by molar-refractivity contribution is -0.141. The molecule has 2 aliphatic heterocycles. The summed E-state index contributed by atoms with van der Waals surface area (Å²) in [5.74, 6) is 0.0567. The number of nitrogens with zero attached hydrogens (tertiary/aromatic N) is 2. The lowest BCUT2D eigenvalue weighted by Crippen LogP contribution is -2.58. The molecule has 3 rings (SSSR count). The number of hydrogen-bond acceptors (Lipinski definition) is 3. The number of aliphatic hydroxyl groups excluding tert-OH is 1. The van der Waals surface area contributed by atoms with Crippen molar-refractivity contribution in [1.29, 1.82) is 0 Å². The van der Waals surface area contributed by atoms with Crippen LogP contribution in [-0.4, -0.2) is 59.6 Å². The average molecular weight is 288 g/mol. The van der Waals surface area contributed by atoms with Gasteiger partial charge in [-0.3, -0.25) is 9.69 Å². The molecule has 2 bridgehead atoms. The molecule has 0 saturated carbocycles. The van der Waals surface area contributed by atoms with Crippen molar-refractivity contribution < 1.29 is 9.90 Å². The minimum Gasteiger partial charge on any atom is -0.395 e. The highest BCUT2D eigenvalue weighted by Gasteiger charge is 2.44. The fourth-order valence-corrected chi connectivity index (χ4v) is 3.72. The molecular weight excluding hydrogens is 264 g/mol. The molecule has 2 saturated heterocycles. The highest BCUT2D eigenvalue weighted by Crippen LogP contribution is 2.32. The number of benzene rings is 1. The average Bonchev–Trinajstić information content (AvgIpc) is 2.75. The van der Waals surface area contributed by atoms with E-state index in [0.717, 1.165) is 18.7 Å². The van der Waals surface area contributed by atoms with Gasteiger partial charge in [0.15, 0.2) is 0 Å². The summed E-state index contributed by atoms with van der Waals surface area (Å²) in [5, 5.41) is 9.88. The topological polar surface area (TPSA) is 43.8 Å². The number of carbonyl (C=O) groups excluding carboxylic acids is 1. The molecule has 3 unspecified atom stereocenters. The molecule has 0 radical (unpaired) electrons. The van der Waals surface area contributed by atoms with Crippen LogP contribution in [0.1, 0.15) is 25.3 Å². The minimum absolute atomic E-state index is 0.0567. The SMILES string of the molecule is CN1C2CCC1CN(C(=O)C(C)(CO)c1ccccc1)C2. The van der Waals surface area contributed by atoms with E-state index in [1.54, 1.807) is 0 Å². The molecule has 1 aromatic rings. The third-order valence-corrected chi connectivity index (χ3v) is 5.33. The maximum Gasteiger partial charge on any atom is 0.235 e. The summed E-state index contributed by atoms with van der Waals surface area (Å²) in [6.45, 7) is 3.27. The number of likely N-dealkylation sites (tertiary alicyclic amines) is 1. The summed E-state index contributed by atoms with van der Waals surface area (Å²) < 4.78 is 0. The Morgan fingerprint density at radius 2 is 1.81 bits per heavy atom. The van der Waals surface area contributed by atoms with Crippen molar-refractivity contribution in [2.45, 2.75) is 37.3 Å². The molecule has 1 aromatic carbocycles. The standard InChI is InChI=1S/C17H24N2O2/c1-17(12-20,13-6-4-3-5-7-13)16(21)19-10-14-8-9-15(11-19)18(14)2/h3-7,14-15,20H,8-12H2,1-2H3. The van der Waals surface area contributed by atoms with Gasteiger partial charge in [-0.2, -0.15) is 0 Å². The lowest BCUT2D eigenvalue weighted by Gasteiger charge is -2.42. The molecule has 3 atom stereocenters. The first-order valence-electron chi connectivity index (χ1n) is 7.74. The zero-order chi connectivity index (χ0) is 15.0. The Morgan fingerprint density at radius 3 is 2.33 bits per heavy atom. The minimum atomic E-state index is -0.837. The van der Waals surface area contributed by atoms with E-state index in [1.165, 1.54) is 12.8 Å². The Kier molecular flexibility index (Phi) is 3.76. The molecule has 2 aliphatic rings. The molecule has 4 heteroatoms. The highest BCUT2D eigenvalue weighted by molar-refractivity contribution is 5.88. The van der Waals surface area contributed by atoms with Crippen molar-refractivity contribution in [1.82, 2.24) is 9.80 Å². The van der Waals surface area contributed by atoms with Gasteiger partial charge in [0.25, 0.3) is 0 Å². The Bertz CT molecular complexity index is 505. The maximum atomic E-state index is 13.0. The third-order valence-electron chi connectivity index (χ3n) is 5.33. The van der Waals surface area contributed by atoms with E-state index >= 15 is 0 Å². The van der Waals surface area contributed by atoms with Gasteiger partial charge < -0.3 is 10.0 Å². The van der Waals surface area contributed by atoms with Crippen LogP contribution in [0.25, 0.3) is 0 Å². The first-order valence-corrected chi connectivity index (χ1v) is 7.74. The van der Waals surface area contributed by atoms with Gasteiger partial charge in [0, 0.05) is 25.2 Å². The third kappa shape index (κ3) is 2.36. The van der Waals surface area contributed by atoms with Gasteiger partial charge in [-0.15, -0.1) is 0 Å². The number of carbonyl (C=O) groups is 1. The summed E-state index contributed by atoms with van der Waals surface area (Å²) >= 11 is 0. The fraction of sp³-hybridized carbons (Fsp3) is 0.588. The Hall–Kier alpha value is -1.39. The van der Waals surface area contributed by atoms with Gasteiger partial charge in [0.05, 0.1) is 12.0 Å². The molecule has 114 valence electrons. The smallest absolute Gasteiger partial charge is 0.235 e. The van der Waals surface area contributed by atoms with Crippen molar-refractivity contribution in [3.8, 4) is 0 Å². The fourth-order valence-electron chi connectivity index (χ4n) is 3.72. The van der Waals surface area contributed by atoms with E-state index in [1.807, 2.05) is 42.2 Å². The normalized spacial score (nSPS) is 28.4. The molecule has 2 heterocycles. The van der Waals surface area contributed by atoms with E-state index in [-0.39, 0.29) is 12.5 Å². The number of piperazine rings is 1. The first-order chi connectivity index (χ1) is 10.1. The number of aliphatic hydroxyl groups is 1. The van der Waals surface area contributed by atoms with Crippen LogP contribution < -0.4 is 0 Å². The quantitative estimate of drug-likeness (QED) is 0.910. The Balaban J connectivity index is 1.83. The molecular formula is C17H24N2O2. The second kappa shape index (κ2) is 5.43. The van der Waals surface area contributed by atoms with E-state index in [9.17, 15) is 9.90 Å². The summed E-state index contributed by atoms with van der Waals surface area (Å²) in [6.07, 6.45) is 2.35. The van der Waals surface area contributed by atoms with E-state index in [4.69, 9.17) is 0 Å².